The highest BCUT2D eigenvalue weighted by molar-refractivity contribution is 7.14. The van der Waals surface area contributed by atoms with E-state index in [1.165, 1.54) is 11.3 Å². The van der Waals surface area contributed by atoms with E-state index in [2.05, 4.69) is 15.2 Å². The van der Waals surface area contributed by atoms with Crippen LogP contribution in [-0.4, -0.2) is 15.2 Å². The van der Waals surface area contributed by atoms with Crippen LogP contribution in [0.5, 0.6) is 0 Å². The van der Waals surface area contributed by atoms with Crippen LogP contribution in [0, 0.1) is 0 Å². The van der Waals surface area contributed by atoms with Crippen molar-refractivity contribution in [2.24, 2.45) is 0 Å². The third-order valence-corrected chi connectivity index (χ3v) is 3.61. The Labute approximate surface area is 121 Å². The molecular formula is C15H13N3OS. The fourth-order valence-corrected chi connectivity index (χ4v) is 2.49. The highest BCUT2D eigenvalue weighted by Gasteiger charge is 2.07. The number of hydrogen-bond acceptors (Lipinski definition) is 5. The summed E-state index contributed by atoms with van der Waals surface area (Å²) >= 11 is 1.51. The molecule has 0 N–H and O–H groups in total. The van der Waals surface area contributed by atoms with Crippen molar-refractivity contribution in [3.05, 3.63) is 65.3 Å². The maximum Gasteiger partial charge on any atom is 0.166 e. The molecular weight excluding hydrogens is 270 g/mol. The molecule has 0 aliphatic carbocycles. The Morgan fingerprint density at radius 3 is 2.55 bits per heavy atom. The predicted octanol–water partition coefficient (Wildman–Crippen LogP) is 3.32. The summed E-state index contributed by atoms with van der Waals surface area (Å²) in [5.41, 5.74) is 2.00. The monoisotopic (exact) mass is 283 g/mol. The summed E-state index contributed by atoms with van der Waals surface area (Å²) in [6.07, 6.45) is 1.75. The van der Waals surface area contributed by atoms with E-state index in [4.69, 9.17) is 4.74 Å². The van der Waals surface area contributed by atoms with Gasteiger partial charge in [0.1, 0.15) is 17.3 Å². The summed E-state index contributed by atoms with van der Waals surface area (Å²) in [4.78, 5) is 4.26. The molecule has 2 aromatic heterocycles. The van der Waals surface area contributed by atoms with E-state index >= 15 is 0 Å². The molecule has 0 atom stereocenters. The van der Waals surface area contributed by atoms with Crippen molar-refractivity contribution in [1.82, 2.24) is 15.2 Å². The second-order valence-corrected chi connectivity index (χ2v) is 5.26. The van der Waals surface area contributed by atoms with Crippen LogP contribution in [0.15, 0.2) is 54.7 Å². The van der Waals surface area contributed by atoms with Gasteiger partial charge in [0, 0.05) is 6.20 Å². The van der Waals surface area contributed by atoms with Gasteiger partial charge in [-0.1, -0.05) is 47.7 Å². The molecule has 4 nitrogen and oxygen atoms in total. The van der Waals surface area contributed by atoms with Gasteiger partial charge in [0.2, 0.25) is 0 Å². The Morgan fingerprint density at radius 1 is 0.900 bits per heavy atom. The lowest BCUT2D eigenvalue weighted by atomic mass is 10.2. The Balaban J connectivity index is 1.58. The Kier molecular flexibility index (Phi) is 4.10. The van der Waals surface area contributed by atoms with E-state index in [0.717, 1.165) is 21.3 Å². The molecule has 5 heteroatoms. The lowest BCUT2D eigenvalue weighted by molar-refractivity contribution is 0.106. The van der Waals surface area contributed by atoms with Gasteiger partial charge in [-0.05, 0) is 17.7 Å². The van der Waals surface area contributed by atoms with Crippen LogP contribution < -0.4 is 0 Å². The minimum absolute atomic E-state index is 0.472. The number of pyridine rings is 1. The molecule has 3 aromatic rings. The molecule has 20 heavy (non-hydrogen) atoms. The SMILES string of the molecule is c1ccc(COCc2nnc(-c3ccccn3)s2)cc1. The van der Waals surface area contributed by atoms with Crippen molar-refractivity contribution in [3.63, 3.8) is 0 Å². The smallest absolute Gasteiger partial charge is 0.166 e. The first-order valence-corrected chi connectivity index (χ1v) is 7.09. The summed E-state index contributed by atoms with van der Waals surface area (Å²) in [7, 11) is 0. The van der Waals surface area contributed by atoms with E-state index in [9.17, 15) is 0 Å². The summed E-state index contributed by atoms with van der Waals surface area (Å²) in [6.45, 7) is 1.05. The van der Waals surface area contributed by atoms with Gasteiger partial charge in [0.25, 0.3) is 0 Å². The van der Waals surface area contributed by atoms with Crippen molar-refractivity contribution in [1.29, 1.82) is 0 Å². The van der Waals surface area contributed by atoms with Crippen molar-refractivity contribution >= 4 is 11.3 Å². The standard InChI is InChI=1S/C15H13N3OS/c1-2-6-12(7-3-1)10-19-11-14-17-18-15(20-14)13-8-4-5-9-16-13/h1-9H,10-11H2. The molecule has 0 saturated heterocycles. The molecule has 3 rings (SSSR count). The molecule has 0 saturated carbocycles. The lowest BCUT2D eigenvalue weighted by Gasteiger charge is -2.01. The van der Waals surface area contributed by atoms with E-state index in [1.54, 1.807) is 6.20 Å². The van der Waals surface area contributed by atoms with Gasteiger partial charge in [0.15, 0.2) is 5.01 Å². The molecule has 0 fully saturated rings. The van der Waals surface area contributed by atoms with E-state index < -0.39 is 0 Å². The average Bonchev–Trinajstić information content (AvgIpc) is 2.98. The van der Waals surface area contributed by atoms with Gasteiger partial charge in [-0.25, -0.2) is 0 Å². The van der Waals surface area contributed by atoms with Crippen LogP contribution in [0.4, 0.5) is 0 Å². The molecule has 0 spiro atoms. The molecule has 0 unspecified atom stereocenters. The second kappa shape index (κ2) is 6.36. The van der Waals surface area contributed by atoms with Gasteiger partial charge in [-0.2, -0.15) is 0 Å². The first-order valence-electron chi connectivity index (χ1n) is 6.27. The Bertz CT molecular complexity index is 655. The van der Waals surface area contributed by atoms with Crippen molar-refractivity contribution in [2.75, 3.05) is 0 Å². The second-order valence-electron chi connectivity index (χ2n) is 4.19. The number of aromatic nitrogens is 3. The maximum absolute atomic E-state index is 5.64. The highest BCUT2D eigenvalue weighted by atomic mass is 32.1. The first kappa shape index (κ1) is 12.9. The minimum Gasteiger partial charge on any atom is -0.370 e. The van der Waals surface area contributed by atoms with Gasteiger partial charge in [0.05, 0.1) is 6.61 Å². The van der Waals surface area contributed by atoms with Crippen molar-refractivity contribution < 1.29 is 4.74 Å². The average molecular weight is 283 g/mol. The summed E-state index contributed by atoms with van der Waals surface area (Å²) < 4.78 is 5.64. The summed E-state index contributed by atoms with van der Waals surface area (Å²) in [6, 6.07) is 15.8. The summed E-state index contributed by atoms with van der Waals surface area (Å²) in [5.74, 6) is 0. The summed E-state index contributed by atoms with van der Waals surface area (Å²) in [5, 5.41) is 9.95. The van der Waals surface area contributed by atoms with Gasteiger partial charge in [-0.3, -0.25) is 4.98 Å². The van der Waals surface area contributed by atoms with Crippen LogP contribution >= 0.6 is 11.3 Å². The van der Waals surface area contributed by atoms with E-state index in [1.807, 2.05) is 48.5 Å². The zero-order chi connectivity index (χ0) is 13.6. The molecule has 0 bridgehead atoms. The zero-order valence-electron chi connectivity index (χ0n) is 10.8. The largest absolute Gasteiger partial charge is 0.370 e. The number of rotatable bonds is 5. The topological polar surface area (TPSA) is 47.9 Å². The Morgan fingerprint density at radius 2 is 1.75 bits per heavy atom. The van der Waals surface area contributed by atoms with Crippen molar-refractivity contribution in [3.8, 4) is 10.7 Å². The first-order chi connectivity index (χ1) is 9.92. The number of benzene rings is 1. The molecule has 0 aliphatic rings. The molecule has 1 aromatic carbocycles. The number of nitrogens with zero attached hydrogens (tertiary/aromatic N) is 3. The van der Waals surface area contributed by atoms with Crippen LogP contribution in [0.2, 0.25) is 0 Å². The van der Waals surface area contributed by atoms with Crippen LogP contribution in [0.25, 0.3) is 10.7 Å². The quantitative estimate of drug-likeness (QED) is 0.720. The van der Waals surface area contributed by atoms with Gasteiger partial charge < -0.3 is 4.74 Å². The lowest BCUT2D eigenvalue weighted by Crippen LogP contribution is -1.93. The maximum atomic E-state index is 5.64. The molecule has 0 amide bonds. The fraction of sp³-hybridized carbons (Fsp3) is 0.133. The third-order valence-electron chi connectivity index (χ3n) is 2.69. The molecule has 100 valence electrons. The zero-order valence-corrected chi connectivity index (χ0v) is 11.6. The van der Waals surface area contributed by atoms with Gasteiger partial charge in [-0.15, -0.1) is 10.2 Å². The Hall–Kier alpha value is -2.11. The molecule has 2 heterocycles. The number of hydrogen-bond donors (Lipinski definition) is 0. The molecule has 0 aliphatic heterocycles. The number of ether oxygens (including phenoxy) is 1. The highest BCUT2D eigenvalue weighted by Crippen LogP contribution is 2.21. The van der Waals surface area contributed by atoms with Crippen LogP contribution in [0.3, 0.4) is 0 Å². The minimum atomic E-state index is 0.472. The van der Waals surface area contributed by atoms with Crippen LogP contribution in [0.1, 0.15) is 10.6 Å². The normalized spacial score (nSPS) is 10.6. The molecule has 0 radical (unpaired) electrons. The van der Waals surface area contributed by atoms with Gasteiger partial charge >= 0.3 is 0 Å². The fourth-order valence-electron chi connectivity index (χ4n) is 1.74. The third kappa shape index (κ3) is 3.26. The predicted molar refractivity (Wildman–Crippen MR) is 78.1 cm³/mol. The van der Waals surface area contributed by atoms with E-state index in [-0.39, 0.29) is 0 Å². The van der Waals surface area contributed by atoms with Crippen LogP contribution in [-0.2, 0) is 18.0 Å². The van der Waals surface area contributed by atoms with E-state index in [0.29, 0.717) is 13.2 Å². The van der Waals surface area contributed by atoms with Crippen molar-refractivity contribution in [2.45, 2.75) is 13.2 Å².